The Hall–Kier alpha value is -3.28. The molecule has 0 bridgehead atoms. The quantitative estimate of drug-likeness (QED) is 0.670. The Morgan fingerprint density at radius 2 is 1.33 bits per heavy atom. The van der Waals surface area contributed by atoms with Crippen LogP contribution in [0.1, 0.15) is 52.6 Å². The highest BCUT2D eigenvalue weighted by atomic mass is 16.5. The fourth-order valence-electron chi connectivity index (χ4n) is 2.78. The number of hydrogen-bond acceptors (Lipinski definition) is 6. The first-order valence-electron chi connectivity index (χ1n) is 7.03. The largest absolute Gasteiger partial charge is 0.465 e. The Kier molecular flexibility index (Phi) is 3.73. The highest BCUT2D eigenvalue weighted by Gasteiger charge is 2.36. The van der Waals surface area contributed by atoms with Crippen molar-refractivity contribution in [2.24, 2.45) is 0 Å². The zero-order chi connectivity index (χ0) is 17.4. The summed E-state index contributed by atoms with van der Waals surface area (Å²) >= 11 is 0. The molecule has 0 fully saturated rings. The van der Waals surface area contributed by atoms with Crippen LogP contribution in [0.4, 0.5) is 0 Å². The number of carbonyl (C=O) groups excluding carboxylic acids is 4. The van der Waals surface area contributed by atoms with Gasteiger partial charge in [0.15, 0.2) is 11.6 Å². The molecule has 0 heterocycles. The minimum atomic E-state index is -0.882. The molecule has 2 aromatic rings. The van der Waals surface area contributed by atoms with Crippen molar-refractivity contribution in [3.63, 3.8) is 0 Å². The van der Waals surface area contributed by atoms with Gasteiger partial charge in [0, 0.05) is 22.3 Å². The molecule has 0 spiro atoms. The van der Waals surface area contributed by atoms with Crippen LogP contribution in [0.3, 0.4) is 0 Å². The molecule has 6 heteroatoms. The Labute approximate surface area is 137 Å². The van der Waals surface area contributed by atoms with Crippen LogP contribution in [0, 0.1) is 0 Å². The zero-order valence-corrected chi connectivity index (χ0v) is 12.9. The van der Waals surface area contributed by atoms with Crippen molar-refractivity contribution in [3.05, 3.63) is 69.8 Å². The summed E-state index contributed by atoms with van der Waals surface area (Å²) in [6.07, 6.45) is 0. The number of fused-ring (bicyclic) bond motifs is 2. The third-order valence-corrected chi connectivity index (χ3v) is 3.89. The summed E-state index contributed by atoms with van der Waals surface area (Å²) in [4.78, 5) is 49.6. The van der Waals surface area contributed by atoms with Gasteiger partial charge in [0.25, 0.3) is 0 Å². The van der Waals surface area contributed by atoms with E-state index in [2.05, 4.69) is 4.74 Å². The van der Waals surface area contributed by atoms with Crippen molar-refractivity contribution in [2.45, 2.75) is 0 Å². The van der Waals surface area contributed by atoms with Gasteiger partial charge >= 0.3 is 11.9 Å². The van der Waals surface area contributed by atoms with Gasteiger partial charge in [-0.3, -0.25) is 9.59 Å². The van der Waals surface area contributed by atoms with E-state index in [-0.39, 0.29) is 39.2 Å². The summed E-state index contributed by atoms with van der Waals surface area (Å²) in [7, 11) is 2.29. The summed E-state index contributed by atoms with van der Waals surface area (Å²) in [5.74, 6) is -2.57. The first-order valence-corrected chi connectivity index (χ1v) is 7.03. The molecule has 3 rings (SSSR count). The summed E-state index contributed by atoms with van der Waals surface area (Å²) in [6.45, 7) is 0. The van der Waals surface area contributed by atoms with Gasteiger partial charge in [-0.2, -0.15) is 0 Å². The number of ketones is 2. The number of rotatable bonds is 2. The fraction of sp³-hybridized carbons (Fsp3) is 0.111. The van der Waals surface area contributed by atoms with Crippen molar-refractivity contribution in [3.8, 4) is 0 Å². The minimum absolute atomic E-state index is 0.0618. The maximum absolute atomic E-state index is 12.8. The molecule has 24 heavy (non-hydrogen) atoms. The van der Waals surface area contributed by atoms with Crippen LogP contribution in [0.25, 0.3) is 0 Å². The first-order chi connectivity index (χ1) is 11.5. The molecule has 2 aromatic carbocycles. The second-order valence-corrected chi connectivity index (χ2v) is 5.10. The smallest absolute Gasteiger partial charge is 0.339 e. The van der Waals surface area contributed by atoms with Gasteiger partial charge in [-0.05, 0) is 12.1 Å². The molecule has 0 saturated carbocycles. The van der Waals surface area contributed by atoms with Crippen molar-refractivity contribution in [1.29, 1.82) is 0 Å². The standard InChI is InChI=1S/C18H12O6/c1-23-17(21)12-8-7-11-13(14(12)18(22)24-2)16(20)10-6-4-3-5-9(10)15(11)19/h3-8H,1-2H3. The molecule has 0 atom stereocenters. The Balaban J connectivity index is 2.37. The Morgan fingerprint density at radius 3 is 1.92 bits per heavy atom. The molecule has 0 amide bonds. The molecule has 1 aliphatic rings. The first kappa shape index (κ1) is 15.6. The maximum Gasteiger partial charge on any atom is 0.339 e. The van der Waals surface area contributed by atoms with Crippen LogP contribution in [0.15, 0.2) is 36.4 Å². The second kappa shape index (κ2) is 5.73. The van der Waals surface area contributed by atoms with Crippen LogP contribution >= 0.6 is 0 Å². The lowest BCUT2D eigenvalue weighted by Crippen LogP contribution is -2.26. The highest BCUT2D eigenvalue weighted by molar-refractivity contribution is 6.31. The van der Waals surface area contributed by atoms with Crippen LogP contribution < -0.4 is 0 Å². The van der Waals surface area contributed by atoms with Crippen molar-refractivity contribution < 1.29 is 28.7 Å². The van der Waals surface area contributed by atoms with Crippen molar-refractivity contribution in [2.75, 3.05) is 14.2 Å². The number of methoxy groups -OCH3 is 2. The predicted molar refractivity (Wildman–Crippen MR) is 82.4 cm³/mol. The third-order valence-electron chi connectivity index (χ3n) is 3.89. The topological polar surface area (TPSA) is 86.7 Å². The molecule has 0 aliphatic heterocycles. The van der Waals surface area contributed by atoms with Gasteiger partial charge in [0.05, 0.1) is 25.3 Å². The average Bonchev–Trinajstić information content (AvgIpc) is 2.63. The number of hydrogen-bond donors (Lipinski definition) is 0. The average molecular weight is 324 g/mol. The third kappa shape index (κ3) is 2.11. The van der Waals surface area contributed by atoms with E-state index >= 15 is 0 Å². The van der Waals surface area contributed by atoms with Crippen LogP contribution in [0.2, 0.25) is 0 Å². The molecule has 0 radical (unpaired) electrons. The molecule has 0 saturated heterocycles. The minimum Gasteiger partial charge on any atom is -0.465 e. The maximum atomic E-state index is 12.8. The van der Waals surface area contributed by atoms with Gasteiger partial charge in [-0.25, -0.2) is 9.59 Å². The molecule has 0 unspecified atom stereocenters. The lowest BCUT2D eigenvalue weighted by molar-refractivity contribution is 0.0553. The van der Waals surface area contributed by atoms with E-state index in [0.717, 1.165) is 14.2 Å². The van der Waals surface area contributed by atoms with Crippen molar-refractivity contribution in [1.82, 2.24) is 0 Å². The molecule has 120 valence electrons. The van der Waals surface area contributed by atoms with Gasteiger partial charge in [0.1, 0.15) is 0 Å². The van der Waals surface area contributed by atoms with Gasteiger partial charge in [-0.15, -0.1) is 0 Å². The van der Waals surface area contributed by atoms with Crippen LogP contribution in [-0.2, 0) is 9.47 Å². The normalized spacial score (nSPS) is 12.2. The molecule has 0 aromatic heterocycles. The van der Waals surface area contributed by atoms with Gasteiger partial charge in [0.2, 0.25) is 0 Å². The monoisotopic (exact) mass is 324 g/mol. The Bertz CT molecular complexity index is 910. The number of carbonyl (C=O) groups is 4. The van der Waals surface area contributed by atoms with Crippen LogP contribution in [-0.4, -0.2) is 37.7 Å². The van der Waals surface area contributed by atoms with Gasteiger partial charge < -0.3 is 9.47 Å². The highest BCUT2D eigenvalue weighted by Crippen LogP contribution is 2.31. The van der Waals surface area contributed by atoms with Crippen LogP contribution in [0.5, 0.6) is 0 Å². The number of benzene rings is 2. The summed E-state index contributed by atoms with van der Waals surface area (Å²) < 4.78 is 9.35. The lowest BCUT2D eigenvalue weighted by atomic mass is 9.80. The lowest BCUT2D eigenvalue weighted by Gasteiger charge is -2.20. The molecular weight excluding hydrogens is 312 g/mol. The fourth-order valence-corrected chi connectivity index (χ4v) is 2.78. The van der Waals surface area contributed by atoms with Gasteiger partial charge in [-0.1, -0.05) is 24.3 Å². The number of esters is 2. The van der Waals surface area contributed by atoms with E-state index in [1.54, 1.807) is 18.2 Å². The summed E-state index contributed by atoms with van der Waals surface area (Å²) in [5, 5.41) is 0. The Morgan fingerprint density at radius 1 is 0.750 bits per heavy atom. The predicted octanol–water partition coefficient (Wildman–Crippen LogP) is 2.04. The summed E-state index contributed by atoms with van der Waals surface area (Å²) in [5.41, 5.74) is -0.00246. The zero-order valence-electron chi connectivity index (χ0n) is 12.9. The molecule has 0 N–H and O–H groups in total. The SMILES string of the molecule is COC(=O)c1ccc2c(c1C(=O)OC)C(=O)c1ccccc1C2=O. The molecule has 1 aliphatic carbocycles. The second-order valence-electron chi connectivity index (χ2n) is 5.10. The van der Waals surface area contributed by atoms with E-state index in [9.17, 15) is 19.2 Å². The molecular formula is C18H12O6. The van der Waals surface area contributed by atoms with E-state index in [0.29, 0.717) is 0 Å². The van der Waals surface area contributed by atoms with E-state index in [1.807, 2.05) is 0 Å². The number of ether oxygens (including phenoxy) is 2. The van der Waals surface area contributed by atoms with E-state index < -0.39 is 17.7 Å². The van der Waals surface area contributed by atoms with E-state index in [1.165, 1.54) is 18.2 Å². The van der Waals surface area contributed by atoms with E-state index in [4.69, 9.17) is 4.74 Å². The van der Waals surface area contributed by atoms with Crippen molar-refractivity contribution >= 4 is 23.5 Å². The molecule has 6 nitrogen and oxygen atoms in total. The summed E-state index contributed by atoms with van der Waals surface area (Å²) in [6, 6.07) is 8.96.